The molecule has 0 aromatic carbocycles. The van der Waals surface area contributed by atoms with E-state index in [4.69, 9.17) is 9.15 Å². The highest BCUT2D eigenvalue weighted by Crippen LogP contribution is 2.32. The van der Waals surface area contributed by atoms with Crippen LogP contribution in [0.15, 0.2) is 10.7 Å². The summed E-state index contributed by atoms with van der Waals surface area (Å²) in [4.78, 5) is 16.1. The van der Waals surface area contributed by atoms with Crippen molar-refractivity contribution < 1.29 is 13.9 Å². The predicted octanol–water partition coefficient (Wildman–Crippen LogP) is 3.02. The first-order valence-electron chi connectivity index (χ1n) is 7.42. The Kier molecular flexibility index (Phi) is 5.17. The van der Waals surface area contributed by atoms with E-state index in [1.165, 1.54) is 0 Å². The molecule has 1 N–H and O–H groups in total. The minimum Gasteiger partial charge on any atom is -0.432 e. The molecular formula is C15H24N2O3. The number of ether oxygens (including phenoxy) is 1. The molecule has 0 unspecified atom stereocenters. The van der Waals surface area contributed by atoms with Gasteiger partial charge in [-0.05, 0) is 38.0 Å². The Morgan fingerprint density at radius 3 is 2.95 bits per heavy atom. The minimum absolute atomic E-state index is 0.0251. The van der Waals surface area contributed by atoms with E-state index in [9.17, 15) is 4.79 Å². The summed E-state index contributed by atoms with van der Waals surface area (Å²) in [6.07, 6.45) is 5.29. The van der Waals surface area contributed by atoms with Crippen LogP contribution in [0.4, 0.5) is 6.01 Å². The SMILES string of the molecule is CCOC1CC(CC(=O)Nc2nc(CC(C)C)co2)C1. The van der Waals surface area contributed by atoms with Crippen molar-refractivity contribution in [1.82, 2.24) is 4.98 Å². The Morgan fingerprint density at radius 1 is 1.55 bits per heavy atom. The molecule has 1 amide bonds. The summed E-state index contributed by atoms with van der Waals surface area (Å²) in [5, 5.41) is 2.72. The highest BCUT2D eigenvalue weighted by molar-refractivity contribution is 5.88. The van der Waals surface area contributed by atoms with Crippen LogP contribution in [-0.4, -0.2) is 23.6 Å². The van der Waals surface area contributed by atoms with E-state index >= 15 is 0 Å². The molecule has 2 rings (SSSR count). The third-order valence-corrected chi connectivity index (χ3v) is 3.48. The molecule has 1 heterocycles. The first-order valence-corrected chi connectivity index (χ1v) is 7.42. The lowest BCUT2D eigenvalue weighted by atomic mass is 9.80. The predicted molar refractivity (Wildman–Crippen MR) is 76.4 cm³/mol. The number of hydrogen-bond donors (Lipinski definition) is 1. The van der Waals surface area contributed by atoms with Crippen LogP contribution >= 0.6 is 0 Å². The molecule has 0 bridgehead atoms. The maximum absolute atomic E-state index is 11.9. The largest absolute Gasteiger partial charge is 0.432 e. The van der Waals surface area contributed by atoms with Gasteiger partial charge >= 0.3 is 6.01 Å². The first-order chi connectivity index (χ1) is 9.56. The number of amides is 1. The van der Waals surface area contributed by atoms with Gasteiger partial charge in [0.15, 0.2) is 0 Å². The summed E-state index contributed by atoms with van der Waals surface area (Å²) in [5.41, 5.74) is 0.885. The van der Waals surface area contributed by atoms with Crippen molar-refractivity contribution in [3.05, 3.63) is 12.0 Å². The molecule has 1 fully saturated rings. The van der Waals surface area contributed by atoms with Gasteiger partial charge in [-0.25, -0.2) is 0 Å². The smallest absolute Gasteiger partial charge is 0.301 e. The Bertz CT molecular complexity index is 436. The van der Waals surface area contributed by atoms with Crippen LogP contribution in [0.25, 0.3) is 0 Å². The first kappa shape index (κ1) is 15.0. The average Bonchev–Trinajstić information content (AvgIpc) is 2.72. The molecule has 1 aromatic rings. The Hall–Kier alpha value is -1.36. The summed E-state index contributed by atoms with van der Waals surface area (Å²) in [6.45, 7) is 6.99. The zero-order chi connectivity index (χ0) is 14.5. The van der Waals surface area contributed by atoms with Crippen LogP contribution in [0.5, 0.6) is 0 Å². The van der Waals surface area contributed by atoms with Crippen LogP contribution in [-0.2, 0) is 16.0 Å². The van der Waals surface area contributed by atoms with Gasteiger partial charge in [0.05, 0.1) is 11.8 Å². The molecule has 1 aromatic heterocycles. The van der Waals surface area contributed by atoms with Gasteiger partial charge in [-0.2, -0.15) is 4.98 Å². The van der Waals surface area contributed by atoms with Crippen molar-refractivity contribution >= 4 is 11.9 Å². The van der Waals surface area contributed by atoms with Gasteiger partial charge in [-0.3, -0.25) is 10.1 Å². The highest BCUT2D eigenvalue weighted by Gasteiger charge is 2.31. The molecule has 0 spiro atoms. The standard InChI is InChI=1S/C15H24N2O3/c1-4-19-13-6-11(7-13)8-14(18)17-15-16-12(9-20-15)5-10(2)3/h9-11,13H,4-8H2,1-3H3,(H,16,17,18). The second-order valence-corrected chi connectivity index (χ2v) is 5.91. The lowest BCUT2D eigenvalue weighted by molar-refractivity contribution is -0.119. The topological polar surface area (TPSA) is 64.4 Å². The van der Waals surface area contributed by atoms with Gasteiger partial charge in [0.1, 0.15) is 6.26 Å². The zero-order valence-corrected chi connectivity index (χ0v) is 12.5. The van der Waals surface area contributed by atoms with Crippen molar-refractivity contribution in [2.75, 3.05) is 11.9 Å². The van der Waals surface area contributed by atoms with Crippen molar-refractivity contribution in [1.29, 1.82) is 0 Å². The molecule has 0 atom stereocenters. The van der Waals surface area contributed by atoms with Crippen LogP contribution in [0.1, 0.15) is 45.7 Å². The lowest BCUT2D eigenvalue weighted by Gasteiger charge is -2.34. The summed E-state index contributed by atoms with van der Waals surface area (Å²) < 4.78 is 10.7. The van der Waals surface area contributed by atoms with Crippen LogP contribution in [0.2, 0.25) is 0 Å². The molecule has 1 saturated carbocycles. The molecular weight excluding hydrogens is 256 g/mol. The molecule has 20 heavy (non-hydrogen) atoms. The molecule has 5 nitrogen and oxygen atoms in total. The van der Waals surface area contributed by atoms with Crippen LogP contribution in [0, 0.1) is 11.8 Å². The van der Waals surface area contributed by atoms with E-state index < -0.39 is 0 Å². The second kappa shape index (κ2) is 6.88. The molecule has 0 saturated heterocycles. The highest BCUT2D eigenvalue weighted by atomic mass is 16.5. The van der Waals surface area contributed by atoms with Gasteiger partial charge in [-0.1, -0.05) is 13.8 Å². The zero-order valence-electron chi connectivity index (χ0n) is 12.5. The van der Waals surface area contributed by atoms with E-state index in [-0.39, 0.29) is 5.91 Å². The number of nitrogens with one attached hydrogen (secondary N) is 1. The fourth-order valence-corrected chi connectivity index (χ4v) is 2.52. The molecule has 1 aliphatic carbocycles. The van der Waals surface area contributed by atoms with E-state index in [1.54, 1.807) is 6.26 Å². The number of oxazole rings is 1. The van der Waals surface area contributed by atoms with Gasteiger partial charge in [0.25, 0.3) is 0 Å². The van der Waals surface area contributed by atoms with Crippen molar-refractivity contribution in [3.8, 4) is 0 Å². The Labute approximate surface area is 120 Å². The van der Waals surface area contributed by atoms with Crippen molar-refractivity contribution in [3.63, 3.8) is 0 Å². The molecule has 112 valence electrons. The quantitative estimate of drug-likeness (QED) is 0.834. The third kappa shape index (κ3) is 4.34. The summed E-state index contributed by atoms with van der Waals surface area (Å²) in [6, 6.07) is 0.311. The Balaban J connectivity index is 1.71. The monoisotopic (exact) mass is 280 g/mol. The summed E-state index contributed by atoms with van der Waals surface area (Å²) in [7, 11) is 0. The fourth-order valence-electron chi connectivity index (χ4n) is 2.52. The molecule has 5 heteroatoms. The Morgan fingerprint density at radius 2 is 2.30 bits per heavy atom. The van der Waals surface area contributed by atoms with Crippen LogP contribution in [0.3, 0.4) is 0 Å². The normalized spacial score (nSPS) is 21.8. The van der Waals surface area contributed by atoms with Crippen molar-refractivity contribution in [2.45, 2.75) is 52.6 Å². The maximum Gasteiger partial charge on any atom is 0.301 e. The van der Waals surface area contributed by atoms with Gasteiger partial charge < -0.3 is 9.15 Å². The summed E-state index contributed by atoms with van der Waals surface area (Å²) >= 11 is 0. The van der Waals surface area contributed by atoms with Gasteiger partial charge in [-0.15, -0.1) is 0 Å². The molecule has 1 aliphatic rings. The molecule has 0 aliphatic heterocycles. The number of rotatable bonds is 7. The van der Waals surface area contributed by atoms with E-state index in [1.807, 2.05) is 6.92 Å². The van der Waals surface area contributed by atoms with Gasteiger partial charge in [0, 0.05) is 13.0 Å². The number of aromatic nitrogens is 1. The second-order valence-electron chi connectivity index (χ2n) is 5.91. The fraction of sp³-hybridized carbons (Fsp3) is 0.733. The number of carbonyl (C=O) groups excluding carboxylic acids is 1. The van der Waals surface area contributed by atoms with Gasteiger partial charge in [0.2, 0.25) is 5.91 Å². The maximum atomic E-state index is 11.9. The lowest BCUT2D eigenvalue weighted by Crippen LogP contribution is -2.33. The number of nitrogens with zero attached hydrogens (tertiary/aromatic N) is 1. The van der Waals surface area contributed by atoms with E-state index in [0.717, 1.165) is 31.6 Å². The third-order valence-electron chi connectivity index (χ3n) is 3.48. The number of anilines is 1. The van der Waals surface area contributed by atoms with Crippen LogP contribution < -0.4 is 5.32 Å². The van der Waals surface area contributed by atoms with E-state index in [2.05, 4.69) is 24.1 Å². The van der Waals surface area contributed by atoms with E-state index in [0.29, 0.717) is 30.4 Å². The summed E-state index contributed by atoms with van der Waals surface area (Å²) in [5.74, 6) is 0.925. The minimum atomic E-state index is -0.0251. The molecule has 0 radical (unpaired) electrons. The number of carbonyl (C=O) groups is 1. The average molecular weight is 280 g/mol. The number of hydrogen-bond acceptors (Lipinski definition) is 4. The van der Waals surface area contributed by atoms with Crippen molar-refractivity contribution in [2.24, 2.45) is 11.8 Å².